The Labute approximate surface area is 196 Å². The molecule has 0 spiro atoms. The fraction of sp³-hybridized carbons (Fsp3) is 0.308. The summed E-state index contributed by atoms with van der Waals surface area (Å²) in [5.74, 6) is 0.147. The van der Waals surface area contributed by atoms with E-state index in [2.05, 4.69) is 10.3 Å². The Kier molecular flexibility index (Phi) is 6.50. The van der Waals surface area contributed by atoms with Gasteiger partial charge in [0.1, 0.15) is 11.2 Å². The number of nitrogens with one attached hydrogen (secondary N) is 1. The van der Waals surface area contributed by atoms with Gasteiger partial charge in [-0.25, -0.2) is 0 Å². The summed E-state index contributed by atoms with van der Waals surface area (Å²) in [4.78, 5) is 18.6. The summed E-state index contributed by atoms with van der Waals surface area (Å²) in [6.07, 6.45) is -2.83. The zero-order valence-corrected chi connectivity index (χ0v) is 19.0. The highest BCUT2D eigenvalue weighted by molar-refractivity contribution is 5.96. The van der Waals surface area contributed by atoms with Crippen molar-refractivity contribution in [3.8, 4) is 5.75 Å². The van der Waals surface area contributed by atoms with Crippen molar-refractivity contribution in [1.82, 2.24) is 10.3 Å². The summed E-state index contributed by atoms with van der Waals surface area (Å²) in [5.41, 5.74) is 0.782. The van der Waals surface area contributed by atoms with Crippen LogP contribution in [-0.2, 0) is 12.0 Å². The monoisotopic (exact) mass is 469 g/mol. The molecule has 4 rings (SSSR count). The van der Waals surface area contributed by atoms with Crippen molar-refractivity contribution in [1.29, 1.82) is 0 Å². The molecule has 3 aromatic rings. The molecule has 0 saturated carbocycles. The topological polar surface area (TPSA) is 54.5 Å². The number of carbonyl (C=O) groups is 1. The predicted octanol–water partition coefficient (Wildman–Crippen LogP) is 5.04. The van der Waals surface area contributed by atoms with Crippen molar-refractivity contribution in [2.45, 2.75) is 31.5 Å². The van der Waals surface area contributed by atoms with E-state index in [4.69, 9.17) is 4.74 Å². The molecule has 1 aliphatic rings. The number of nitrogens with zero attached hydrogens (tertiary/aromatic N) is 2. The van der Waals surface area contributed by atoms with Gasteiger partial charge in [0.2, 0.25) is 0 Å². The molecule has 1 amide bonds. The number of carbonyl (C=O) groups excluding carboxylic acids is 1. The molecular formula is C26H26F3N3O2. The van der Waals surface area contributed by atoms with E-state index in [9.17, 15) is 18.0 Å². The van der Waals surface area contributed by atoms with Gasteiger partial charge in [0.05, 0.1) is 19.3 Å². The number of benzene rings is 2. The van der Waals surface area contributed by atoms with Crippen molar-refractivity contribution in [3.63, 3.8) is 0 Å². The molecule has 1 unspecified atom stereocenters. The van der Waals surface area contributed by atoms with Gasteiger partial charge >= 0.3 is 6.18 Å². The van der Waals surface area contributed by atoms with E-state index in [1.54, 1.807) is 54.4 Å². The molecule has 5 nitrogen and oxygen atoms in total. The van der Waals surface area contributed by atoms with E-state index in [0.717, 1.165) is 5.69 Å². The van der Waals surface area contributed by atoms with Crippen LogP contribution in [0.2, 0.25) is 0 Å². The number of anilines is 1. The first-order valence-electron chi connectivity index (χ1n) is 11.0. The largest absolute Gasteiger partial charge is 0.497 e. The molecule has 1 atom stereocenters. The molecular weight excluding hydrogens is 443 g/mol. The molecule has 1 fully saturated rings. The Hall–Kier alpha value is -3.55. The van der Waals surface area contributed by atoms with Crippen LogP contribution in [0.4, 0.5) is 18.9 Å². The van der Waals surface area contributed by atoms with E-state index in [1.807, 2.05) is 12.1 Å². The first kappa shape index (κ1) is 23.6. The SMILES string of the molecule is COc1cccc(C2(C(F)(F)F)CCN(c3ccc(C(=O)NCc4ccccn4)c(C)c3)C2)c1. The van der Waals surface area contributed by atoms with Crippen LogP contribution in [0.15, 0.2) is 66.9 Å². The molecule has 1 N–H and O–H groups in total. The smallest absolute Gasteiger partial charge is 0.400 e. The lowest BCUT2D eigenvalue weighted by Crippen LogP contribution is -2.44. The number of rotatable bonds is 6. The van der Waals surface area contributed by atoms with Gasteiger partial charge in [0.15, 0.2) is 0 Å². The summed E-state index contributed by atoms with van der Waals surface area (Å²) < 4.78 is 48.3. The van der Waals surface area contributed by atoms with Crippen LogP contribution in [0, 0.1) is 6.92 Å². The van der Waals surface area contributed by atoms with Gasteiger partial charge in [0, 0.05) is 30.5 Å². The normalized spacial score (nSPS) is 18.1. The van der Waals surface area contributed by atoms with Crippen molar-refractivity contribution in [2.75, 3.05) is 25.1 Å². The van der Waals surface area contributed by atoms with Crippen LogP contribution < -0.4 is 15.0 Å². The minimum atomic E-state index is -4.42. The highest BCUT2D eigenvalue weighted by atomic mass is 19.4. The number of alkyl halides is 3. The van der Waals surface area contributed by atoms with E-state index in [1.165, 1.54) is 19.2 Å². The molecule has 8 heteroatoms. The summed E-state index contributed by atoms with van der Waals surface area (Å²) in [7, 11) is 1.44. The third-order valence-electron chi connectivity index (χ3n) is 6.41. The average Bonchev–Trinajstić information content (AvgIpc) is 3.30. The summed E-state index contributed by atoms with van der Waals surface area (Å²) in [6, 6.07) is 16.8. The quantitative estimate of drug-likeness (QED) is 0.550. The predicted molar refractivity (Wildman–Crippen MR) is 124 cm³/mol. The highest BCUT2D eigenvalue weighted by Crippen LogP contribution is 2.49. The van der Waals surface area contributed by atoms with Crippen LogP contribution in [0.5, 0.6) is 5.75 Å². The maximum absolute atomic E-state index is 14.4. The van der Waals surface area contributed by atoms with Gasteiger partial charge in [-0.1, -0.05) is 18.2 Å². The van der Waals surface area contributed by atoms with Crippen molar-refractivity contribution in [3.05, 3.63) is 89.2 Å². The maximum Gasteiger partial charge on any atom is 0.400 e. The lowest BCUT2D eigenvalue weighted by Gasteiger charge is -2.33. The van der Waals surface area contributed by atoms with Gasteiger partial charge < -0.3 is 15.0 Å². The number of halogens is 3. The van der Waals surface area contributed by atoms with Gasteiger partial charge in [-0.15, -0.1) is 0 Å². The third-order valence-corrected chi connectivity index (χ3v) is 6.41. The van der Waals surface area contributed by atoms with Crippen LogP contribution in [-0.4, -0.2) is 37.3 Å². The molecule has 1 aliphatic heterocycles. The fourth-order valence-electron chi connectivity index (χ4n) is 4.45. The lowest BCUT2D eigenvalue weighted by molar-refractivity contribution is -0.184. The van der Waals surface area contributed by atoms with Gasteiger partial charge in [-0.2, -0.15) is 13.2 Å². The zero-order chi connectivity index (χ0) is 24.3. The molecule has 2 heterocycles. The van der Waals surface area contributed by atoms with Crippen LogP contribution in [0.25, 0.3) is 0 Å². The van der Waals surface area contributed by atoms with E-state index in [0.29, 0.717) is 29.1 Å². The molecule has 0 aliphatic carbocycles. The molecule has 1 saturated heterocycles. The number of hydrogen-bond donors (Lipinski definition) is 1. The molecule has 0 bridgehead atoms. The minimum Gasteiger partial charge on any atom is -0.497 e. The second-order valence-corrected chi connectivity index (χ2v) is 8.49. The molecule has 0 radical (unpaired) electrons. The standard InChI is InChI=1S/C26H26F3N3O2/c1-18-14-21(9-10-23(18)24(33)31-16-20-7-3-4-12-30-20)32-13-11-25(17-32,26(27,28)29)19-6-5-8-22(15-19)34-2/h3-10,12,14-15H,11,13,16-17H2,1-2H3,(H,31,33). The Morgan fingerprint density at radius 2 is 1.97 bits per heavy atom. The average molecular weight is 470 g/mol. The molecule has 1 aromatic heterocycles. The van der Waals surface area contributed by atoms with E-state index in [-0.39, 0.29) is 31.0 Å². The Morgan fingerprint density at radius 1 is 1.15 bits per heavy atom. The Balaban J connectivity index is 1.53. The Morgan fingerprint density at radius 3 is 2.65 bits per heavy atom. The van der Waals surface area contributed by atoms with Crippen LogP contribution >= 0.6 is 0 Å². The molecule has 178 valence electrons. The van der Waals surface area contributed by atoms with Crippen molar-refractivity contribution < 1.29 is 22.7 Å². The number of aryl methyl sites for hydroxylation is 1. The minimum absolute atomic E-state index is 0.0605. The van der Waals surface area contributed by atoms with E-state index < -0.39 is 11.6 Å². The number of aromatic nitrogens is 1. The lowest BCUT2D eigenvalue weighted by atomic mass is 9.79. The van der Waals surface area contributed by atoms with Crippen LogP contribution in [0.1, 0.15) is 33.6 Å². The van der Waals surface area contributed by atoms with Crippen molar-refractivity contribution in [2.24, 2.45) is 0 Å². The number of amides is 1. The van der Waals surface area contributed by atoms with Gasteiger partial charge in [0.25, 0.3) is 5.91 Å². The maximum atomic E-state index is 14.4. The van der Waals surface area contributed by atoms with Crippen LogP contribution in [0.3, 0.4) is 0 Å². The van der Waals surface area contributed by atoms with E-state index >= 15 is 0 Å². The summed E-state index contributed by atoms with van der Waals surface area (Å²) >= 11 is 0. The third kappa shape index (κ3) is 4.58. The molecule has 2 aromatic carbocycles. The molecule has 34 heavy (non-hydrogen) atoms. The number of pyridine rings is 1. The number of ether oxygens (including phenoxy) is 1. The number of hydrogen-bond acceptors (Lipinski definition) is 4. The first-order chi connectivity index (χ1) is 16.2. The summed E-state index contributed by atoms with van der Waals surface area (Å²) in [5, 5.41) is 2.83. The zero-order valence-electron chi connectivity index (χ0n) is 19.0. The fourth-order valence-corrected chi connectivity index (χ4v) is 4.45. The number of methoxy groups -OCH3 is 1. The second-order valence-electron chi connectivity index (χ2n) is 8.49. The first-order valence-corrected chi connectivity index (χ1v) is 11.0. The Bertz CT molecular complexity index is 1170. The highest BCUT2D eigenvalue weighted by Gasteiger charge is 2.59. The summed E-state index contributed by atoms with van der Waals surface area (Å²) in [6.45, 7) is 2.13. The van der Waals surface area contributed by atoms with Gasteiger partial charge in [-0.3, -0.25) is 9.78 Å². The second kappa shape index (κ2) is 9.37. The van der Waals surface area contributed by atoms with Gasteiger partial charge in [-0.05, 0) is 66.9 Å². The van der Waals surface area contributed by atoms with Crippen molar-refractivity contribution >= 4 is 11.6 Å².